The molecule has 0 atom stereocenters. The lowest BCUT2D eigenvalue weighted by molar-refractivity contribution is -0.157. The van der Waals surface area contributed by atoms with Crippen LogP contribution in [0.3, 0.4) is 0 Å². The van der Waals surface area contributed by atoms with Crippen molar-refractivity contribution in [3.8, 4) is 0 Å². The summed E-state index contributed by atoms with van der Waals surface area (Å²) in [5.41, 5.74) is -0.609. The van der Waals surface area contributed by atoms with Gasteiger partial charge in [0.05, 0.1) is 13.2 Å². The number of phosphoric acid groups is 1. The predicted molar refractivity (Wildman–Crippen MR) is 62.7 cm³/mol. The summed E-state index contributed by atoms with van der Waals surface area (Å²) in [5, 5.41) is 0. The number of rotatable bonds is 7. The van der Waals surface area contributed by atoms with E-state index in [4.69, 9.17) is 18.3 Å². The van der Waals surface area contributed by atoms with Crippen LogP contribution in [0.2, 0.25) is 0 Å². The monoisotopic (exact) mass is 268 g/mol. The Morgan fingerprint density at radius 2 is 1.53 bits per heavy atom. The maximum atomic E-state index is 11.8. The van der Waals surface area contributed by atoms with E-state index in [1.807, 2.05) is 0 Å². The SMILES string of the molecule is CCOP(=O)(OCC)OCC(=O)OC(C)(C)C. The molecular formula is C10H21O6P. The molecule has 0 bridgehead atoms. The van der Waals surface area contributed by atoms with Crippen LogP contribution in [0.15, 0.2) is 0 Å². The van der Waals surface area contributed by atoms with E-state index in [-0.39, 0.29) is 13.2 Å². The van der Waals surface area contributed by atoms with Crippen LogP contribution in [-0.4, -0.2) is 31.4 Å². The fourth-order valence-electron chi connectivity index (χ4n) is 0.931. The van der Waals surface area contributed by atoms with Crippen molar-refractivity contribution >= 4 is 13.8 Å². The smallest absolute Gasteiger partial charge is 0.458 e. The maximum absolute atomic E-state index is 11.8. The highest BCUT2D eigenvalue weighted by molar-refractivity contribution is 7.48. The summed E-state index contributed by atoms with van der Waals surface area (Å²) in [7, 11) is -3.64. The van der Waals surface area contributed by atoms with Crippen molar-refractivity contribution in [2.45, 2.75) is 40.2 Å². The molecule has 0 aliphatic heterocycles. The number of carbonyl (C=O) groups is 1. The average molecular weight is 268 g/mol. The molecule has 0 aromatic heterocycles. The molecule has 7 heteroatoms. The highest BCUT2D eigenvalue weighted by atomic mass is 31.2. The van der Waals surface area contributed by atoms with E-state index in [9.17, 15) is 9.36 Å². The Labute approximate surface area is 102 Å². The molecule has 0 aromatic rings. The van der Waals surface area contributed by atoms with Crippen molar-refractivity contribution in [3.05, 3.63) is 0 Å². The van der Waals surface area contributed by atoms with Gasteiger partial charge in [-0.15, -0.1) is 0 Å². The fourth-order valence-corrected chi connectivity index (χ4v) is 2.05. The maximum Gasteiger partial charge on any atom is 0.475 e. The zero-order valence-corrected chi connectivity index (χ0v) is 11.9. The second-order valence-corrected chi connectivity index (χ2v) is 5.81. The highest BCUT2D eigenvalue weighted by Gasteiger charge is 2.28. The van der Waals surface area contributed by atoms with Crippen molar-refractivity contribution in [1.29, 1.82) is 0 Å². The van der Waals surface area contributed by atoms with Gasteiger partial charge in [0.25, 0.3) is 0 Å². The third-order valence-electron chi connectivity index (χ3n) is 1.33. The topological polar surface area (TPSA) is 71.1 Å². The third kappa shape index (κ3) is 8.32. The van der Waals surface area contributed by atoms with Gasteiger partial charge in [0, 0.05) is 0 Å². The van der Waals surface area contributed by atoms with Crippen molar-refractivity contribution in [3.63, 3.8) is 0 Å². The normalized spacial score (nSPS) is 12.5. The minimum atomic E-state index is -3.64. The van der Waals surface area contributed by atoms with Crippen LogP contribution in [0.5, 0.6) is 0 Å². The molecule has 0 radical (unpaired) electrons. The van der Waals surface area contributed by atoms with Crippen LogP contribution in [0.25, 0.3) is 0 Å². The molecule has 0 aliphatic carbocycles. The standard InChI is InChI=1S/C10H21O6P/c1-6-13-17(12,14-7-2)15-8-9(11)16-10(3,4)5/h6-8H2,1-5H3. The highest BCUT2D eigenvalue weighted by Crippen LogP contribution is 2.49. The Morgan fingerprint density at radius 3 is 1.88 bits per heavy atom. The van der Waals surface area contributed by atoms with Gasteiger partial charge in [-0.1, -0.05) is 0 Å². The molecule has 0 heterocycles. The van der Waals surface area contributed by atoms with Crippen molar-refractivity contribution in [2.75, 3.05) is 19.8 Å². The summed E-state index contributed by atoms with van der Waals surface area (Å²) < 4.78 is 31.4. The first-order valence-electron chi connectivity index (χ1n) is 5.48. The van der Waals surface area contributed by atoms with Crippen LogP contribution in [-0.2, 0) is 27.7 Å². The van der Waals surface area contributed by atoms with Crippen molar-refractivity contribution in [1.82, 2.24) is 0 Å². The van der Waals surface area contributed by atoms with Crippen LogP contribution in [0.1, 0.15) is 34.6 Å². The largest absolute Gasteiger partial charge is 0.475 e. The van der Waals surface area contributed by atoms with E-state index >= 15 is 0 Å². The van der Waals surface area contributed by atoms with Gasteiger partial charge in [0.2, 0.25) is 0 Å². The van der Waals surface area contributed by atoms with Gasteiger partial charge in [0.15, 0.2) is 6.61 Å². The summed E-state index contributed by atoms with van der Waals surface area (Å²) in [6.07, 6.45) is 0. The van der Waals surface area contributed by atoms with Gasteiger partial charge in [-0.25, -0.2) is 9.36 Å². The lowest BCUT2D eigenvalue weighted by atomic mass is 10.2. The molecule has 102 valence electrons. The van der Waals surface area contributed by atoms with E-state index < -0.39 is 26.0 Å². The first-order valence-corrected chi connectivity index (χ1v) is 6.94. The van der Waals surface area contributed by atoms with Crippen molar-refractivity contribution < 1.29 is 27.7 Å². The predicted octanol–water partition coefficient (Wildman–Crippen LogP) is 2.53. The minimum Gasteiger partial charge on any atom is -0.458 e. The summed E-state index contributed by atoms with van der Waals surface area (Å²) in [4.78, 5) is 11.3. The van der Waals surface area contributed by atoms with Gasteiger partial charge in [0.1, 0.15) is 5.60 Å². The molecule has 0 rings (SSSR count). The number of carbonyl (C=O) groups excluding carboxylic acids is 1. The van der Waals surface area contributed by atoms with Crippen LogP contribution in [0, 0.1) is 0 Å². The second kappa shape index (κ2) is 7.11. The molecule has 0 unspecified atom stereocenters. The minimum absolute atomic E-state index is 0.172. The molecular weight excluding hydrogens is 247 g/mol. The second-order valence-electron chi connectivity index (χ2n) is 4.14. The average Bonchev–Trinajstić information content (AvgIpc) is 2.13. The molecule has 0 aromatic carbocycles. The van der Waals surface area contributed by atoms with Crippen LogP contribution in [0.4, 0.5) is 0 Å². The molecule has 0 aliphatic rings. The van der Waals surface area contributed by atoms with E-state index in [1.54, 1.807) is 34.6 Å². The van der Waals surface area contributed by atoms with Crippen LogP contribution < -0.4 is 0 Å². The van der Waals surface area contributed by atoms with Crippen molar-refractivity contribution in [2.24, 2.45) is 0 Å². The molecule has 6 nitrogen and oxygen atoms in total. The molecule has 0 N–H and O–H groups in total. The van der Waals surface area contributed by atoms with E-state index in [2.05, 4.69) is 0 Å². The van der Waals surface area contributed by atoms with Gasteiger partial charge in [-0.3, -0.25) is 13.6 Å². The van der Waals surface area contributed by atoms with Gasteiger partial charge < -0.3 is 4.74 Å². The summed E-state index contributed by atoms with van der Waals surface area (Å²) in [5.74, 6) is -0.614. The Morgan fingerprint density at radius 1 is 1.06 bits per heavy atom. The summed E-state index contributed by atoms with van der Waals surface area (Å²) >= 11 is 0. The Balaban J connectivity index is 4.22. The fraction of sp³-hybridized carbons (Fsp3) is 0.900. The van der Waals surface area contributed by atoms with Gasteiger partial charge in [-0.2, -0.15) is 0 Å². The van der Waals surface area contributed by atoms with Gasteiger partial charge in [-0.05, 0) is 34.6 Å². The quantitative estimate of drug-likeness (QED) is 0.522. The zero-order valence-electron chi connectivity index (χ0n) is 11.0. The van der Waals surface area contributed by atoms with E-state index in [1.165, 1.54) is 0 Å². The zero-order chi connectivity index (χ0) is 13.5. The molecule has 0 saturated carbocycles. The molecule has 0 fully saturated rings. The van der Waals surface area contributed by atoms with Crippen LogP contribution >= 0.6 is 7.82 Å². The molecule has 17 heavy (non-hydrogen) atoms. The van der Waals surface area contributed by atoms with Gasteiger partial charge >= 0.3 is 13.8 Å². The number of ether oxygens (including phenoxy) is 1. The number of hydrogen-bond donors (Lipinski definition) is 0. The number of esters is 1. The van der Waals surface area contributed by atoms with E-state index in [0.29, 0.717) is 0 Å². The summed E-state index contributed by atoms with van der Waals surface area (Å²) in [6, 6.07) is 0. The molecule has 0 amide bonds. The lowest BCUT2D eigenvalue weighted by Gasteiger charge is -2.20. The lowest BCUT2D eigenvalue weighted by Crippen LogP contribution is -2.26. The Kier molecular flexibility index (Phi) is 6.94. The summed E-state index contributed by atoms with van der Waals surface area (Å²) in [6.45, 7) is 8.39. The first-order chi connectivity index (χ1) is 7.72. The molecule has 0 saturated heterocycles. The first kappa shape index (κ1) is 16.6. The number of hydrogen-bond acceptors (Lipinski definition) is 6. The Hall–Kier alpha value is -0.420. The molecule has 0 spiro atoms. The third-order valence-corrected chi connectivity index (χ3v) is 2.93. The number of phosphoric ester groups is 1. The Bertz CT molecular complexity index is 273. The van der Waals surface area contributed by atoms with E-state index in [0.717, 1.165) is 0 Å².